The molecule has 0 saturated heterocycles. The molecule has 8 N–H and O–H groups in total. The Morgan fingerprint density at radius 3 is 1.60 bits per heavy atom. The number of carboxylic acids is 1. The predicted octanol–water partition coefficient (Wildman–Crippen LogP) is -2.86. The van der Waals surface area contributed by atoms with E-state index in [1.165, 1.54) is 20.1 Å². The van der Waals surface area contributed by atoms with E-state index in [1.807, 2.05) is 0 Å². The summed E-state index contributed by atoms with van der Waals surface area (Å²) in [6.07, 6.45) is 0. The molecule has 0 saturated carbocycles. The summed E-state index contributed by atoms with van der Waals surface area (Å²) in [5, 5.41) is 13.6. The summed E-state index contributed by atoms with van der Waals surface area (Å²) in [5.74, 6) is -2.69. The molecule has 0 unspecified atom stereocenters. The number of methoxy groups -OCH3 is 1. The van der Waals surface area contributed by atoms with E-state index in [9.17, 15) is 19.2 Å². The number of amides is 2. The van der Waals surface area contributed by atoms with Gasteiger partial charge in [-0.2, -0.15) is 0 Å². The Morgan fingerprint density at radius 1 is 0.886 bits per heavy atom. The first-order chi connectivity index (χ1) is 15.3. The molecule has 2 aromatic heterocycles. The van der Waals surface area contributed by atoms with Crippen molar-refractivity contribution in [3.05, 3.63) is 34.1 Å². The van der Waals surface area contributed by atoms with E-state index < -0.39 is 35.8 Å². The third-order valence-electron chi connectivity index (χ3n) is 3.59. The maximum Gasteiger partial charge on any atom is 1.00 e. The number of nitrogens with two attached hydrogens (primary N) is 2. The number of hydrogen-bond acceptors (Lipinski definition) is 12. The van der Waals surface area contributed by atoms with Crippen molar-refractivity contribution >= 4 is 58.6 Å². The first kappa shape index (κ1) is 35.0. The molecule has 2 rings (SSSR count). The largest absolute Gasteiger partial charge is 1.00 e. The number of rotatable bonds is 8. The number of nitrogens with one attached hydrogen (secondary N) is 2. The van der Waals surface area contributed by atoms with E-state index in [0.29, 0.717) is 0 Å². The molecule has 0 spiro atoms. The Kier molecular flexibility index (Phi) is 16.5. The van der Waals surface area contributed by atoms with Crippen molar-refractivity contribution < 1.29 is 85.9 Å². The van der Waals surface area contributed by atoms with Crippen LogP contribution < -0.4 is 73.5 Å². The molecule has 2 atom stereocenters. The van der Waals surface area contributed by atoms with Gasteiger partial charge in [-0.3, -0.25) is 9.59 Å². The van der Waals surface area contributed by atoms with Crippen LogP contribution in [0, 0.1) is 0 Å². The number of hydrogen-bond donors (Lipinski definition) is 5. The van der Waals surface area contributed by atoms with E-state index in [1.54, 1.807) is 6.92 Å². The fourth-order valence-corrected chi connectivity index (χ4v) is 2.25. The van der Waals surface area contributed by atoms with Gasteiger partial charge in [-0.25, -0.2) is 29.5 Å². The topological polar surface area (TPSA) is 255 Å². The van der Waals surface area contributed by atoms with Crippen LogP contribution in [0.2, 0.25) is 10.6 Å². The van der Waals surface area contributed by atoms with Gasteiger partial charge in [0.2, 0.25) is 22.4 Å². The number of aromatic carboxylic acids is 1. The number of halogens is 2. The molecule has 2 heterocycles. The van der Waals surface area contributed by atoms with Gasteiger partial charge in [-0.15, -0.1) is 0 Å². The summed E-state index contributed by atoms with van der Waals surface area (Å²) in [5.41, 5.74) is 9.83. The van der Waals surface area contributed by atoms with Gasteiger partial charge in [-0.1, -0.05) is 0 Å². The molecule has 35 heavy (non-hydrogen) atoms. The Bertz CT molecular complexity index is 1060. The maximum absolute atomic E-state index is 11.2. The van der Waals surface area contributed by atoms with Crippen LogP contribution in [-0.2, 0) is 14.3 Å². The van der Waals surface area contributed by atoms with E-state index >= 15 is 0 Å². The summed E-state index contributed by atoms with van der Waals surface area (Å²) in [7, 11) is 1.22. The summed E-state index contributed by atoms with van der Waals surface area (Å²) >= 11 is 11.1. The van der Waals surface area contributed by atoms with E-state index in [2.05, 4.69) is 35.3 Å². The minimum absolute atomic E-state index is 0. The molecule has 18 heteroatoms. The second-order valence-corrected chi connectivity index (χ2v) is 6.82. The summed E-state index contributed by atoms with van der Waals surface area (Å²) in [4.78, 5) is 58.2. The number of anilines is 2. The molecular weight excluding hydrogens is 538 g/mol. The van der Waals surface area contributed by atoms with Gasteiger partial charge in [0.15, 0.2) is 11.4 Å². The molecule has 186 valence electrons. The van der Waals surface area contributed by atoms with E-state index in [0.717, 1.165) is 6.07 Å². The van der Waals surface area contributed by atoms with Crippen LogP contribution in [-0.4, -0.2) is 73.5 Å². The minimum atomic E-state index is -1.24. The number of aromatic nitrogens is 4. The van der Waals surface area contributed by atoms with E-state index in [-0.39, 0.29) is 90.5 Å². The number of primary amides is 2. The molecule has 0 aromatic carbocycles. The zero-order valence-corrected chi connectivity index (χ0v) is 23.6. The first-order valence-corrected chi connectivity index (χ1v) is 9.62. The summed E-state index contributed by atoms with van der Waals surface area (Å²) in [6.45, 7) is 3.06. The zero-order valence-electron chi connectivity index (χ0n) is 18.9. The van der Waals surface area contributed by atoms with Gasteiger partial charge in [-0.05, 0) is 37.0 Å². The third-order valence-corrected chi connectivity index (χ3v) is 3.93. The normalized spacial score (nSPS) is 11.1. The molecule has 2 aromatic rings. The molecule has 15 nitrogen and oxygen atoms in total. The van der Waals surface area contributed by atoms with Gasteiger partial charge >= 0.3 is 63.3 Å². The molecule has 2 amide bonds. The Morgan fingerprint density at radius 2 is 1.26 bits per heavy atom. The Hall–Kier alpha value is -2.18. The maximum atomic E-state index is 11.2. The fourth-order valence-electron chi connectivity index (χ4n) is 1.89. The van der Waals surface area contributed by atoms with E-state index in [4.69, 9.17) is 39.8 Å². The molecule has 0 aliphatic carbocycles. The fraction of sp³-hybridized carbons (Fsp3) is 0.294. The quantitative estimate of drug-likeness (QED) is 0.124. The van der Waals surface area contributed by atoms with Crippen molar-refractivity contribution in [2.75, 3.05) is 17.7 Å². The van der Waals surface area contributed by atoms with Gasteiger partial charge in [0, 0.05) is 12.1 Å². The van der Waals surface area contributed by atoms with Crippen molar-refractivity contribution in [1.29, 1.82) is 0 Å². The molecule has 0 aliphatic heterocycles. The predicted molar refractivity (Wildman–Crippen MR) is 119 cm³/mol. The average Bonchev–Trinajstić information content (AvgIpc) is 2.72. The molecule has 0 fully saturated rings. The minimum Gasteiger partial charge on any atom is -0.870 e. The van der Waals surface area contributed by atoms with Crippen LogP contribution in [0.5, 0.6) is 0 Å². The van der Waals surface area contributed by atoms with Gasteiger partial charge in [0.25, 0.3) is 0 Å². The van der Waals surface area contributed by atoms with Gasteiger partial charge < -0.3 is 37.4 Å². The van der Waals surface area contributed by atoms with Gasteiger partial charge in [0.05, 0.1) is 7.11 Å². The second-order valence-electron chi connectivity index (χ2n) is 6.15. The smallest absolute Gasteiger partial charge is 0.870 e. The Balaban J connectivity index is 0. The van der Waals surface area contributed by atoms with Gasteiger partial charge in [0.1, 0.15) is 23.7 Å². The molecule has 0 aliphatic rings. The van der Waals surface area contributed by atoms with Crippen LogP contribution in [0.3, 0.4) is 0 Å². The third kappa shape index (κ3) is 12.4. The van der Waals surface area contributed by atoms with Crippen LogP contribution in [0.4, 0.5) is 11.6 Å². The zero-order chi connectivity index (χ0) is 25.3. The average molecular weight is 559 g/mol. The Labute approximate surface area is 251 Å². The molecule has 0 radical (unpaired) electrons. The number of nitrogens with zero attached hydrogens (tertiary/aromatic N) is 4. The number of carboxylic acid groups (broad SMARTS) is 1. The number of carbonyl (C=O) groups excluding carboxylic acids is 3. The van der Waals surface area contributed by atoms with Crippen LogP contribution in [0.25, 0.3) is 0 Å². The van der Waals surface area contributed by atoms with Crippen LogP contribution in [0.1, 0.15) is 34.8 Å². The van der Waals surface area contributed by atoms with Crippen molar-refractivity contribution in [2.45, 2.75) is 25.9 Å². The van der Waals surface area contributed by atoms with Crippen molar-refractivity contribution in [2.24, 2.45) is 11.5 Å². The van der Waals surface area contributed by atoms with Crippen LogP contribution >= 0.6 is 23.2 Å². The molecule has 0 bridgehead atoms. The SMILES string of the molecule is COC(=O)c1cc(N[C@@H](C)C(N)=O)nc(Cl)n1.C[C@H](Nc1cc(C(=O)O)nc(Cl)n1)C(N)=O.[K+].[OH-]. The summed E-state index contributed by atoms with van der Waals surface area (Å²) in [6, 6.07) is 1.14. The molecular formula is C17H21Cl2KN8O7. The first-order valence-electron chi connectivity index (χ1n) is 8.86. The van der Waals surface area contributed by atoms with Crippen LogP contribution in [0.15, 0.2) is 12.1 Å². The van der Waals surface area contributed by atoms with Crippen molar-refractivity contribution in [3.63, 3.8) is 0 Å². The summed E-state index contributed by atoms with van der Waals surface area (Å²) < 4.78 is 4.49. The second kappa shape index (κ2) is 16.5. The monoisotopic (exact) mass is 558 g/mol. The van der Waals surface area contributed by atoms with Crippen molar-refractivity contribution in [3.8, 4) is 0 Å². The number of esters is 1. The standard InChI is InChI=1S/C9H11ClN4O3.C8H9ClN4O3.K.H2O/c1-4(7(11)15)12-6-3-5(8(16)17-2)13-9(10)14-6;1-3(6(10)14)11-5-2-4(7(15)16)12-8(9)13-5;;/h3-4H,1-2H3,(H2,11,15)(H,12,13,14);2-3H,1H3,(H2,10,14)(H,15,16)(H,11,12,13);;1H2/q;;+1;/p-1/t4-;3-;;/m00../s1. The van der Waals surface area contributed by atoms with Crippen molar-refractivity contribution in [1.82, 2.24) is 19.9 Å². The number of ether oxygens (including phenoxy) is 1. The number of carbonyl (C=O) groups is 4.